The van der Waals surface area contributed by atoms with Gasteiger partial charge in [0.15, 0.2) is 0 Å². The van der Waals surface area contributed by atoms with Crippen molar-refractivity contribution in [2.24, 2.45) is 5.41 Å². The first kappa shape index (κ1) is 26.8. The molecule has 1 aromatic carbocycles. The highest BCUT2D eigenvalue weighted by atomic mass is 16.5. The molecule has 8 heteroatoms. The number of aromatic nitrogens is 4. The molecule has 1 aliphatic rings. The summed E-state index contributed by atoms with van der Waals surface area (Å²) in [6.07, 6.45) is 8.43. The Bertz CT molecular complexity index is 1520. The van der Waals surface area contributed by atoms with E-state index < -0.39 is 0 Å². The van der Waals surface area contributed by atoms with Crippen LogP contribution < -0.4 is 15.6 Å². The van der Waals surface area contributed by atoms with Crippen molar-refractivity contribution in [1.29, 1.82) is 0 Å². The predicted octanol–water partition coefficient (Wildman–Crippen LogP) is 6.06. The molecule has 0 bridgehead atoms. The van der Waals surface area contributed by atoms with Crippen LogP contribution in [-0.4, -0.2) is 51.6 Å². The van der Waals surface area contributed by atoms with E-state index in [4.69, 9.17) is 9.72 Å². The van der Waals surface area contributed by atoms with Crippen molar-refractivity contribution in [1.82, 2.24) is 24.8 Å². The fraction of sp³-hybridized carbons (Fsp3) is 0.419. The lowest BCUT2D eigenvalue weighted by Gasteiger charge is -2.34. The van der Waals surface area contributed by atoms with Crippen molar-refractivity contribution < 1.29 is 4.74 Å². The number of aromatic amines is 1. The van der Waals surface area contributed by atoms with E-state index in [1.807, 2.05) is 12.1 Å². The monoisotopic (exact) mass is 526 g/mol. The summed E-state index contributed by atoms with van der Waals surface area (Å²) in [6, 6.07) is 10.2. The molecule has 4 heterocycles. The third kappa shape index (κ3) is 6.28. The van der Waals surface area contributed by atoms with Crippen LogP contribution in [0.4, 0.5) is 11.5 Å². The summed E-state index contributed by atoms with van der Waals surface area (Å²) in [5.41, 5.74) is 4.91. The van der Waals surface area contributed by atoms with Crippen LogP contribution in [0.15, 0.2) is 53.7 Å². The quantitative estimate of drug-likeness (QED) is 0.302. The van der Waals surface area contributed by atoms with Crippen LogP contribution in [0, 0.1) is 12.3 Å². The smallest absolute Gasteiger partial charge is 0.259 e. The number of benzene rings is 1. The Morgan fingerprint density at radius 1 is 1.08 bits per heavy atom. The summed E-state index contributed by atoms with van der Waals surface area (Å²) in [5.74, 6) is 1.45. The van der Waals surface area contributed by atoms with Crippen LogP contribution in [0.1, 0.15) is 57.1 Å². The Hall–Kier alpha value is -3.78. The molecule has 39 heavy (non-hydrogen) atoms. The molecule has 4 aromatic rings. The molecule has 204 valence electrons. The van der Waals surface area contributed by atoms with E-state index in [0.29, 0.717) is 39.8 Å². The number of H-pyrrole nitrogens is 1. The average Bonchev–Trinajstić information content (AvgIpc) is 2.92. The molecule has 8 nitrogen and oxygen atoms in total. The van der Waals surface area contributed by atoms with Gasteiger partial charge < -0.3 is 19.9 Å². The minimum Gasteiger partial charge on any atom is -0.480 e. The highest BCUT2D eigenvalue weighted by Gasteiger charge is 2.23. The summed E-state index contributed by atoms with van der Waals surface area (Å²) in [5, 5.41) is 4.68. The Balaban J connectivity index is 1.38. The van der Waals surface area contributed by atoms with Crippen molar-refractivity contribution in [3.8, 4) is 17.3 Å². The van der Waals surface area contributed by atoms with Gasteiger partial charge in [0.2, 0.25) is 5.88 Å². The number of ether oxygens (including phenoxy) is 1. The zero-order chi connectivity index (χ0) is 27.6. The predicted molar refractivity (Wildman–Crippen MR) is 157 cm³/mol. The van der Waals surface area contributed by atoms with Gasteiger partial charge in [-0.3, -0.25) is 9.78 Å². The lowest BCUT2D eigenvalue weighted by Crippen LogP contribution is -2.35. The minimum atomic E-state index is -0.197. The number of anilines is 2. The molecule has 0 amide bonds. The molecule has 1 aliphatic heterocycles. The molecule has 0 atom stereocenters. The van der Waals surface area contributed by atoms with Crippen LogP contribution in [0.3, 0.4) is 0 Å². The van der Waals surface area contributed by atoms with Crippen molar-refractivity contribution in [2.45, 2.75) is 52.9 Å². The topological polar surface area (TPSA) is 96.0 Å². The number of nitrogens with zero attached hydrogens (tertiary/aromatic N) is 4. The van der Waals surface area contributed by atoms with Gasteiger partial charge in [0.25, 0.3) is 5.56 Å². The second kappa shape index (κ2) is 11.1. The number of likely N-dealkylation sites (tertiary alicyclic amines) is 1. The Kier molecular flexibility index (Phi) is 7.66. The van der Waals surface area contributed by atoms with Gasteiger partial charge in [-0.05, 0) is 97.9 Å². The molecule has 0 spiro atoms. The van der Waals surface area contributed by atoms with Crippen molar-refractivity contribution in [2.75, 3.05) is 32.1 Å². The summed E-state index contributed by atoms with van der Waals surface area (Å²) < 4.78 is 5.24. The van der Waals surface area contributed by atoms with Gasteiger partial charge in [0.05, 0.1) is 30.6 Å². The van der Waals surface area contributed by atoms with Gasteiger partial charge >= 0.3 is 0 Å². The number of hydrogen-bond acceptors (Lipinski definition) is 7. The number of aryl methyl sites for hydroxylation is 1. The van der Waals surface area contributed by atoms with E-state index in [1.54, 1.807) is 25.7 Å². The minimum absolute atomic E-state index is 0.197. The van der Waals surface area contributed by atoms with Crippen molar-refractivity contribution >= 4 is 22.3 Å². The number of rotatable bonds is 7. The van der Waals surface area contributed by atoms with Crippen LogP contribution in [-0.2, 0) is 0 Å². The second-order valence-electron chi connectivity index (χ2n) is 11.7. The first-order chi connectivity index (χ1) is 18.7. The Morgan fingerprint density at radius 2 is 1.87 bits per heavy atom. The maximum Gasteiger partial charge on any atom is 0.259 e. The fourth-order valence-electron chi connectivity index (χ4n) is 5.32. The fourth-order valence-corrected chi connectivity index (χ4v) is 5.32. The number of hydrogen-bond donors (Lipinski definition) is 2. The number of fused-ring (bicyclic) bond motifs is 1. The van der Waals surface area contributed by atoms with Gasteiger partial charge in [-0.1, -0.05) is 26.8 Å². The highest BCUT2D eigenvalue weighted by Crippen LogP contribution is 2.34. The molecule has 0 aliphatic carbocycles. The van der Waals surface area contributed by atoms with E-state index in [1.165, 1.54) is 36.9 Å². The molecule has 5 rings (SSSR count). The first-order valence-electron chi connectivity index (χ1n) is 13.7. The van der Waals surface area contributed by atoms with E-state index in [2.05, 4.69) is 71.1 Å². The van der Waals surface area contributed by atoms with Crippen LogP contribution >= 0.6 is 0 Å². The Morgan fingerprint density at radius 3 is 2.59 bits per heavy atom. The standard InChI is InChI=1S/C31H38N6O2/c1-20-16-23(6-7-24(20)21-9-13-37(14-10-21)15-11-31(2,3)4)34-29-28-22(8-12-33-30(28)38)17-25(36-29)26-18-32-19-27(35-26)39-5/h6-8,12,16-19,21H,9-11,13-15H2,1-5H3,(H,33,38)(H,34,36). The van der Waals surface area contributed by atoms with E-state index in [-0.39, 0.29) is 5.56 Å². The molecule has 0 radical (unpaired) electrons. The number of nitrogens with one attached hydrogen (secondary N) is 2. The van der Waals surface area contributed by atoms with Gasteiger partial charge in [0, 0.05) is 11.9 Å². The van der Waals surface area contributed by atoms with E-state index in [9.17, 15) is 4.79 Å². The Labute approximate surface area is 229 Å². The normalized spacial score (nSPS) is 15.0. The zero-order valence-corrected chi connectivity index (χ0v) is 23.5. The molecule has 0 saturated carbocycles. The SMILES string of the molecule is COc1cncc(-c2cc3cc[nH]c(=O)c3c(Nc3ccc(C4CCN(CCC(C)(C)C)CC4)c(C)c3)n2)n1. The van der Waals surface area contributed by atoms with Gasteiger partial charge in [0.1, 0.15) is 11.5 Å². The lowest BCUT2D eigenvalue weighted by atomic mass is 9.86. The maximum atomic E-state index is 12.8. The third-order valence-corrected chi connectivity index (χ3v) is 7.58. The molecule has 1 fully saturated rings. The van der Waals surface area contributed by atoms with E-state index >= 15 is 0 Å². The summed E-state index contributed by atoms with van der Waals surface area (Å²) in [6.45, 7) is 12.6. The largest absolute Gasteiger partial charge is 0.480 e. The van der Waals surface area contributed by atoms with Crippen LogP contribution in [0.2, 0.25) is 0 Å². The lowest BCUT2D eigenvalue weighted by molar-refractivity contribution is 0.184. The summed E-state index contributed by atoms with van der Waals surface area (Å²) in [7, 11) is 1.55. The third-order valence-electron chi connectivity index (χ3n) is 7.58. The molecular formula is C31H38N6O2. The molecule has 3 aromatic heterocycles. The van der Waals surface area contributed by atoms with E-state index in [0.717, 1.165) is 24.2 Å². The number of pyridine rings is 2. The maximum absolute atomic E-state index is 12.8. The molecule has 0 unspecified atom stereocenters. The van der Waals surface area contributed by atoms with Gasteiger partial charge in [-0.2, -0.15) is 0 Å². The number of piperidine rings is 1. The highest BCUT2D eigenvalue weighted by molar-refractivity contribution is 5.94. The number of methoxy groups -OCH3 is 1. The zero-order valence-electron chi connectivity index (χ0n) is 23.5. The van der Waals surface area contributed by atoms with Gasteiger partial charge in [-0.15, -0.1) is 0 Å². The van der Waals surface area contributed by atoms with Crippen molar-refractivity contribution in [3.63, 3.8) is 0 Å². The molecular weight excluding hydrogens is 488 g/mol. The molecule has 2 N–H and O–H groups in total. The average molecular weight is 527 g/mol. The van der Waals surface area contributed by atoms with Gasteiger partial charge in [-0.25, -0.2) is 9.97 Å². The summed E-state index contributed by atoms with van der Waals surface area (Å²) in [4.78, 5) is 31.7. The van der Waals surface area contributed by atoms with Crippen LogP contribution in [0.5, 0.6) is 5.88 Å². The second-order valence-corrected chi connectivity index (χ2v) is 11.7. The molecule has 1 saturated heterocycles. The first-order valence-corrected chi connectivity index (χ1v) is 13.7. The summed E-state index contributed by atoms with van der Waals surface area (Å²) >= 11 is 0. The van der Waals surface area contributed by atoms with Crippen LogP contribution in [0.25, 0.3) is 22.2 Å². The van der Waals surface area contributed by atoms with Crippen molar-refractivity contribution in [3.05, 3.63) is 70.4 Å².